The maximum atomic E-state index is 10.2. The number of hydrogen-bond donors (Lipinski definition) is 2. The Balaban J connectivity index is 1.74. The summed E-state index contributed by atoms with van der Waals surface area (Å²) in [6, 6.07) is 0. The van der Waals surface area contributed by atoms with Crippen molar-refractivity contribution in [3.8, 4) is 0 Å². The van der Waals surface area contributed by atoms with Crippen LogP contribution in [0.1, 0.15) is 32.1 Å². The van der Waals surface area contributed by atoms with Crippen LogP contribution in [0.15, 0.2) is 0 Å². The van der Waals surface area contributed by atoms with Crippen molar-refractivity contribution in [2.45, 2.75) is 43.3 Å². The fourth-order valence-corrected chi connectivity index (χ4v) is 2.69. The van der Waals surface area contributed by atoms with Crippen molar-refractivity contribution in [2.75, 3.05) is 33.4 Å². The molecule has 2 aliphatic rings. The Morgan fingerprint density at radius 3 is 2.56 bits per heavy atom. The van der Waals surface area contributed by atoms with Crippen molar-refractivity contribution in [1.82, 2.24) is 5.32 Å². The van der Waals surface area contributed by atoms with Crippen LogP contribution in [0.2, 0.25) is 0 Å². The van der Waals surface area contributed by atoms with Gasteiger partial charge in [0.15, 0.2) is 0 Å². The number of methoxy groups -OCH3 is 1. The van der Waals surface area contributed by atoms with Gasteiger partial charge in [-0.1, -0.05) is 12.8 Å². The lowest BCUT2D eigenvalue weighted by molar-refractivity contribution is -0.0222. The zero-order valence-electron chi connectivity index (χ0n) is 10.1. The molecular formula is C12H23NO3. The molecule has 1 saturated carbocycles. The number of aliphatic hydroxyl groups is 1. The fraction of sp³-hybridized carbons (Fsp3) is 1.00. The first-order valence-electron chi connectivity index (χ1n) is 6.24. The smallest absolute Gasteiger partial charge is 0.106 e. The molecule has 1 atom stereocenters. The molecule has 1 saturated heterocycles. The van der Waals surface area contributed by atoms with E-state index in [2.05, 4.69) is 5.32 Å². The Morgan fingerprint density at radius 1 is 1.25 bits per heavy atom. The molecule has 0 bridgehead atoms. The minimum atomic E-state index is -0.478. The summed E-state index contributed by atoms with van der Waals surface area (Å²) in [4.78, 5) is 0. The molecule has 0 spiro atoms. The average Bonchev–Trinajstić information content (AvgIpc) is 2.89. The molecule has 1 aliphatic heterocycles. The molecule has 0 radical (unpaired) electrons. The Kier molecular flexibility index (Phi) is 3.85. The SMILES string of the molecule is COC1(CNCC2(O)CCCC2)CCOC1. The van der Waals surface area contributed by atoms with Crippen LogP contribution in [0.4, 0.5) is 0 Å². The van der Waals surface area contributed by atoms with Gasteiger partial charge in [0.2, 0.25) is 0 Å². The van der Waals surface area contributed by atoms with Gasteiger partial charge < -0.3 is 19.9 Å². The molecule has 4 heteroatoms. The van der Waals surface area contributed by atoms with Gasteiger partial charge in [0, 0.05) is 33.2 Å². The van der Waals surface area contributed by atoms with E-state index in [-0.39, 0.29) is 5.60 Å². The highest BCUT2D eigenvalue weighted by molar-refractivity contribution is 4.91. The minimum Gasteiger partial charge on any atom is -0.389 e. The molecule has 2 rings (SSSR count). The van der Waals surface area contributed by atoms with Crippen molar-refractivity contribution in [2.24, 2.45) is 0 Å². The van der Waals surface area contributed by atoms with E-state index in [1.54, 1.807) is 7.11 Å². The van der Waals surface area contributed by atoms with Crippen LogP contribution < -0.4 is 5.32 Å². The molecule has 0 amide bonds. The molecule has 2 fully saturated rings. The lowest BCUT2D eigenvalue weighted by Gasteiger charge is -2.29. The largest absolute Gasteiger partial charge is 0.389 e. The maximum absolute atomic E-state index is 10.2. The molecule has 0 aromatic heterocycles. The summed E-state index contributed by atoms with van der Waals surface area (Å²) in [5.41, 5.74) is -0.649. The predicted octanol–water partition coefficient (Wildman–Crippen LogP) is 0.687. The summed E-state index contributed by atoms with van der Waals surface area (Å²) in [7, 11) is 1.74. The summed E-state index contributed by atoms with van der Waals surface area (Å²) >= 11 is 0. The topological polar surface area (TPSA) is 50.7 Å². The first-order valence-corrected chi connectivity index (χ1v) is 6.24. The van der Waals surface area contributed by atoms with Gasteiger partial charge in [-0.25, -0.2) is 0 Å². The predicted molar refractivity (Wildman–Crippen MR) is 61.5 cm³/mol. The van der Waals surface area contributed by atoms with Crippen LogP contribution in [-0.4, -0.2) is 49.7 Å². The normalized spacial score (nSPS) is 33.4. The summed E-state index contributed by atoms with van der Waals surface area (Å²) < 4.78 is 10.9. The van der Waals surface area contributed by atoms with Crippen molar-refractivity contribution >= 4 is 0 Å². The monoisotopic (exact) mass is 229 g/mol. The highest BCUT2D eigenvalue weighted by atomic mass is 16.5. The Hall–Kier alpha value is -0.160. The number of rotatable bonds is 5. The second kappa shape index (κ2) is 5.00. The van der Waals surface area contributed by atoms with Crippen LogP contribution in [0.5, 0.6) is 0 Å². The zero-order chi connectivity index (χ0) is 11.5. The first kappa shape index (κ1) is 12.3. The number of hydrogen-bond acceptors (Lipinski definition) is 4. The van der Waals surface area contributed by atoms with Crippen molar-refractivity contribution < 1.29 is 14.6 Å². The fourth-order valence-electron chi connectivity index (χ4n) is 2.69. The molecule has 94 valence electrons. The standard InChI is InChI=1S/C12H23NO3/c1-15-12(6-7-16-10-12)9-13-8-11(14)4-2-3-5-11/h13-14H,2-10H2,1H3. The number of ether oxygens (including phenoxy) is 2. The van der Waals surface area contributed by atoms with E-state index >= 15 is 0 Å². The maximum Gasteiger partial charge on any atom is 0.106 e. The first-order chi connectivity index (χ1) is 7.68. The van der Waals surface area contributed by atoms with Gasteiger partial charge in [-0.15, -0.1) is 0 Å². The second-order valence-electron chi connectivity index (χ2n) is 5.22. The van der Waals surface area contributed by atoms with E-state index in [0.29, 0.717) is 13.2 Å². The van der Waals surface area contributed by atoms with Gasteiger partial charge in [-0.05, 0) is 12.8 Å². The summed E-state index contributed by atoms with van der Waals surface area (Å²) in [6.45, 7) is 2.89. The second-order valence-corrected chi connectivity index (χ2v) is 5.22. The Bertz CT molecular complexity index is 220. The molecule has 0 aromatic carbocycles. The van der Waals surface area contributed by atoms with Gasteiger partial charge >= 0.3 is 0 Å². The molecule has 0 aromatic rings. The molecule has 4 nitrogen and oxygen atoms in total. The van der Waals surface area contributed by atoms with Crippen LogP contribution in [-0.2, 0) is 9.47 Å². The lowest BCUT2D eigenvalue weighted by atomic mass is 10.0. The molecule has 1 heterocycles. The average molecular weight is 229 g/mol. The van der Waals surface area contributed by atoms with Crippen molar-refractivity contribution in [3.05, 3.63) is 0 Å². The Morgan fingerprint density at radius 2 is 2.00 bits per heavy atom. The van der Waals surface area contributed by atoms with Crippen LogP contribution >= 0.6 is 0 Å². The third kappa shape index (κ3) is 2.74. The van der Waals surface area contributed by atoms with Crippen LogP contribution in [0.3, 0.4) is 0 Å². The van der Waals surface area contributed by atoms with Gasteiger partial charge in [0.25, 0.3) is 0 Å². The van der Waals surface area contributed by atoms with Crippen LogP contribution in [0.25, 0.3) is 0 Å². The van der Waals surface area contributed by atoms with Gasteiger partial charge in [-0.3, -0.25) is 0 Å². The zero-order valence-corrected chi connectivity index (χ0v) is 10.1. The van der Waals surface area contributed by atoms with E-state index in [0.717, 1.165) is 45.3 Å². The van der Waals surface area contributed by atoms with Gasteiger partial charge in [-0.2, -0.15) is 0 Å². The molecule has 1 aliphatic carbocycles. The van der Waals surface area contributed by atoms with E-state index in [1.165, 1.54) is 0 Å². The van der Waals surface area contributed by atoms with E-state index < -0.39 is 5.60 Å². The minimum absolute atomic E-state index is 0.172. The van der Waals surface area contributed by atoms with E-state index in [1.807, 2.05) is 0 Å². The molecular weight excluding hydrogens is 206 g/mol. The highest BCUT2D eigenvalue weighted by Gasteiger charge is 2.36. The lowest BCUT2D eigenvalue weighted by Crippen LogP contribution is -2.47. The molecule has 16 heavy (non-hydrogen) atoms. The number of nitrogens with one attached hydrogen (secondary N) is 1. The molecule has 2 N–H and O–H groups in total. The summed E-state index contributed by atoms with van der Waals surface area (Å²) in [5, 5.41) is 13.5. The van der Waals surface area contributed by atoms with Crippen molar-refractivity contribution in [1.29, 1.82) is 0 Å². The van der Waals surface area contributed by atoms with Crippen LogP contribution in [0, 0.1) is 0 Å². The van der Waals surface area contributed by atoms with Gasteiger partial charge in [0.05, 0.1) is 12.2 Å². The quantitative estimate of drug-likeness (QED) is 0.728. The van der Waals surface area contributed by atoms with E-state index in [9.17, 15) is 5.11 Å². The third-order valence-electron chi connectivity index (χ3n) is 3.94. The third-order valence-corrected chi connectivity index (χ3v) is 3.94. The van der Waals surface area contributed by atoms with Gasteiger partial charge in [0.1, 0.15) is 5.60 Å². The highest BCUT2D eigenvalue weighted by Crippen LogP contribution is 2.29. The van der Waals surface area contributed by atoms with Crippen molar-refractivity contribution in [3.63, 3.8) is 0 Å². The van der Waals surface area contributed by atoms with E-state index in [4.69, 9.17) is 9.47 Å². The Labute approximate surface area is 97.3 Å². The summed E-state index contributed by atoms with van der Waals surface area (Å²) in [5.74, 6) is 0. The summed E-state index contributed by atoms with van der Waals surface area (Å²) in [6.07, 6.45) is 5.09. The molecule has 1 unspecified atom stereocenters.